The quantitative estimate of drug-likeness (QED) is 0.665. The molecular formula is C15H15FS. The lowest BCUT2D eigenvalue weighted by Crippen LogP contribution is -1.99. The first-order chi connectivity index (χ1) is 8.06. The molecule has 0 bridgehead atoms. The van der Waals surface area contributed by atoms with Crippen molar-refractivity contribution in [1.82, 2.24) is 0 Å². The summed E-state index contributed by atoms with van der Waals surface area (Å²) < 4.78 is 12.6. The first-order valence-corrected chi connectivity index (χ1v) is 6.37. The number of hydrogen-bond acceptors (Lipinski definition) is 1. The van der Waals surface area contributed by atoms with E-state index in [-0.39, 0.29) is 0 Å². The Morgan fingerprint density at radius 3 is 2.88 bits per heavy atom. The third-order valence-electron chi connectivity index (χ3n) is 2.73. The minimum Gasteiger partial charge on any atom is -0.208 e. The van der Waals surface area contributed by atoms with Gasteiger partial charge in [0.05, 0.1) is 0 Å². The summed E-state index contributed by atoms with van der Waals surface area (Å²) in [4.78, 5) is 2.39. The minimum atomic E-state index is -0.402. The maximum absolute atomic E-state index is 12.6. The summed E-state index contributed by atoms with van der Waals surface area (Å²) in [6.07, 6.45) is 4.18. The van der Waals surface area contributed by atoms with Gasteiger partial charge < -0.3 is 0 Å². The summed E-state index contributed by atoms with van der Waals surface area (Å²) >= 11 is 1.70. The molecule has 0 N–H and O–H groups in total. The molecule has 0 spiro atoms. The van der Waals surface area contributed by atoms with Crippen LogP contribution in [0.2, 0.25) is 0 Å². The Balaban J connectivity index is 2.29. The topological polar surface area (TPSA) is 0 Å². The van der Waals surface area contributed by atoms with E-state index in [0.29, 0.717) is 0 Å². The van der Waals surface area contributed by atoms with Gasteiger partial charge in [0, 0.05) is 9.80 Å². The number of thioether (sulfide) groups is 1. The fourth-order valence-electron chi connectivity index (χ4n) is 1.87. The van der Waals surface area contributed by atoms with E-state index < -0.39 is 5.83 Å². The van der Waals surface area contributed by atoms with Gasteiger partial charge in [-0.25, -0.2) is 4.39 Å². The molecule has 0 radical (unpaired) electrons. The minimum absolute atomic E-state index is 0.402. The lowest BCUT2D eigenvalue weighted by Gasteiger charge is -2.19. The molecule has 0 aromatic heterocycles. The summed E-state index contributed by atoms with van der Waals surface area (Å²) in [5, 5.41) is 0. The fourth-order valence-corrected chi connectivity index (χ4v) is 2.88. The van der Waals surface area contributed by atoms with E-state index in [0.717, 1.165) is 11.3 Å². The van der Waals surface area contributed by atoms with Crippen LogP contribution >= 0.6 is 11.8 Å². The molecule has 1 aliphatic heterocycles. The Morgan fingerprint density at radius 1 is 1.41 bits per heavy atom. The number of halogens is 1. The molecule has 2 heteroatoms. The molecular weight excluding hydrogens is 231 g/mol. The molecule has 1 aromatic rings. The van der Waals surface area contributed by atoms with Crippen molar-refractivity contribution in [3.8, 4) is 0 Å². The zero-order valence-corrected chi connectivity index (χ0v) is 10.9. The highest BCUT2D eigenvalue weighted by Crippen LogP contribution is 2.39. The van der Waals surface area contributed by atoms with E-state index in [4.69, 9.17) is 0 Å². The lowest BCUT2D eigenvalue weighted by atomic mass is 10.0. The van der Waals surface area contributed by atoms with E-state index in [1.807, 2.05) is 6.08 Å². The Labute approximate surface area is 106 Å². The summed E-state index contributed by atoms with van der Waals surface area (Å²) in [7, 11) is 0. The first kappa shape index (κ1) is 12.2. The van der Waals surface area contributed by atoms with Crippen molar-refractivity contribution >= 4 is 11.8 Å². The molecule has 2 rings (SSSR count). The SMILES string of the molecule is C=C(F)/C=C\C1=C(C)Cc2cc(C)ccc2S1. The van der Waals surface area contributed by atoms with Gasteiger partial charge in [0.2, 0.25) is 0 Å². The Morgan fingerprint density at radius 2 is 2.18 bits per heavy atom. The average molecular weight is 246 g/mol. The van der Waals surface area contributed by atoms with Gasteiger partial charge in [-0.2, -0.15) is 0 Å². The van der Waals surface area contributed by atoms with Crippen molar-refractivity contribution in [2.24, 2.45) is 0 Å². The second-order valence-electron chi connectivity index (χ2n) is 4.31. The molecule has 0 atom stereocenters. The van der Waals surface area contributed by atoms with Gasteiger partial charge in [-0.3, -0.25) is 0 Å². The number of allylic oxidation sites excluding steroid dienone is 4. The molecule has 0 fully saturated rings. The van der Waals surface area contributed by atoms with Crippen LogP contribution in [0, 0.1) is 6.92 Å². The Bertz CT molecular complexity index is 524. The lowest BCUT2D eigenvalue weighted by molar-refractivity contribution is 0.671. The van der Waals surface area contributed by atoms with Crippen LogP contribution in [-0.4, -0.2) is 0 Å². The molecule has 88 valence electrons. The van der Waals surface area contributed by atoms with E-state index >= 15 is 0 Å². The fraction of sp³-hybridized carbons (Fsp3) is 0.200. The Kier molecular flexibility index (Phi) is 3.53. The van der Waals surface area contributed by atoms with E-state index in [9.17, 15) is 4.39 Å². The van der Waals surface area contributed by atoms with Gasteiger partial charge in [-0.1, -0.05) is 41.6 Å². The number of rotatable bonds is 2. The molecule has 1 aromatic carbocycles. The van der Waals surface area contributed by atoms with Crippen LogP contribution in [0.5, 0.6) is 0 Å². The zero-order chi connectivity index (χ0) is 12.4. The van der Waals surface area contributed by atoms with Gasteiger partial charge in [-0.05, 0) is 44.1 Å². The second-order valence-corrected chi connectivity index (χ2v) is 5.40. The van der Waals surface area contributed by atoms with E-state index in [1.165, 1.54) is 27.7 Å². The summed E-state index contributed by atoms with van der Waals surface area (Å²) in [6.45, 7) is 7.43. The van der Waals surface area contributed by atoms with Crippen LogP contribution in [0.25, 0.3) is 0 Å². The van der Waals surface area contributed by atoms with Gasteiger partial charge in [0.1, 0.15) is 5.83 Å². The highest BCUT2D eigenvalue weighted by atomic mass is 32.2. The zero-order valence-electron chi connectivity index (χ0n) is 10.1. The molecule has 0 saturated heterocycles. The van der Waals surface area contributed by atoms with Gasteiger partial charge >= 0.3 is 0 Å². The predicted octanol–water partition coefficient (Wildman–Crippen LogP) is 4.96. The number of fused-ring (bicyclic) bond motifs is 1. The largest absolute Gasteiger partial charge is 0.208 e. The predicted molar refractivity (Wildman–Crippen MR) is 72.8 cm³/mol. The van der Waals surface area contributed by atoms with Crippen LogP contribution in [0.3, 0.4) is 0 Å². The molecule has 1 aliphatic rings. The number of benzene rings is 1. The summed E-state index contributed by atoms with van der Waals surface area (Å²) in [6, 6.07) is 6.47. The average Bonchev–Trinajstić information content (AvgIpc) is 2.26. The van der Waals surface area contributed by atoms with Crippen molar-refractivity contribution in [1.29, 1.82) is 0 Å². The molecule has 17 heavy (non-hydrogen) atoms. The molecule has 0 nitrogen and oxygen atoms in total. The third-order valence-corrected chi connectivity index (χ3v) is 4.05. The second kappa shape index (κ2) is 4.92. The highest BCUT2D eigenvalue weighted by molar-refractivity contribution is 8.03. The number of aryl methyl sites for hydroxylation is 1. The van der Waals surface area contributed by atoms with Gasteiger partial charge in [0.15, 0.2) is 0 Å². The highest BCUT2D eigenvalue weighted by Gasteiger charge is 2.14. The van der Waals surface area contributed by atoms with Crippen molar-refractivity contribution in [3.05, 3.63) is 64.4 Å². The standard InChI is InChI=1S/C15H15FS/c1-10-4-6-15-13(8-10)9-11(2)14(17-15)7-5-12(3)16/h4-8H,3,9H2,1-2H3/b7-5-. The van der Waals surface area contributed by atoms with Crippen molar-refractivity contribution in [2.75, 3.05) is 0 Å². The number of hydrogen-bond donors (Lipinski definition) is 0. The van der Waals surface area contributed by atoms with Crippen molar-refractivity contribution in [3.63, 3.8) is 0 Å². The van der Waals surface area contributed by atoms with Crippen LogP contribution in [0.1, 0.15) is 18.1 Å². The maximum atomic E-state index is 12.6. The summed E-state index contributed by atoms with van der Waals surface area (Å²) in [5.74, 6) is -0.402. The normalized spacial score (nSPS) is 15.2. The van der Waals surface area contributed by atoms with E-state index in [2.05, 4.69) is 38.6 Å². The molecule has 0 unspecified atom stereocenters. The van der Waals surface area contributed by atoms with Crippen molar-refractivity contribution < 1.29 is 4.39 Å². The molecule has 0 amide bonds. The smallest absolute Gasteiger partial charge is 0.116 e. The van der Waals surface area contributed by atoms with E-state index in [1.54, 1.807) is 11.8 Å². The monoisotopic (exact) mass is 246 g/mol. The van der Waals surface area contributed by atoms with Crippen LogP contribution < -0.4 is 0 Å². The third kappa shape index (κ3) is 2.89. The maximum Gasteiger partial charge on any atom is 0.116 e. The molecule has 1 heterocycles. The van der Waals surface area contributed by atoms with Gasteiger partial charge in [-0.15, -0.1) is 0 Å². The molecule has 0 saturated carbocycles. The summed E-state index contributed by atoms with van der Waals surface area (Å²) in [5.41, 5.74) is 3.93. The van der Waals surface area contributed by atoms with Crippen molar-refractivity contribution in [2.45, 2.75) is 25.2 Å². The van der Waals surface area contributed by atoms with Crippen LogP contribution in [-0.2, 0) is 6.42 Å². The van der Waals surface area contributed by atoms with Gasteiger partial charge in [0.25, 0.3) is 0 Å². The Hall–Kier alpha value is -1.28. The van der Waals surface area contributed by atoms with Crippen LogP contribution in [0.15, 0.2) is 58.1 Å². The van der Waals surface area contributed by atoms with Crippen LogP contribution in [0.4, 0.5) is 4.39 Å². The molecule has 0 aliphatic carbocycles. The first-order valence-electron chi connectivity index (χ1n) is 5.56.